The van der Waals surface area contributed by atoms with Crippen LogP contribution >= 0.6 is 0 Å². The molecule has 0 radical (unpaired) electrons. The van der Waals surface area contributed by atoms with Gasteiger partial charge in [0.1, 0.15) is 11.4 Å². The van der Waals surface area contributed by atoms with Crippen molar-refractivity contribution in [2.24, 2.45) is 0 Å². The first-order valence-corrected chi connectivity index (χ1v) is 11.7. The van der Waals surface area contributed by atoms with E-state index >= 15 is 0 Å². The summed E-state index contributed by atoms with van der Waals surface area (Å²) in [6.45, 7) is 0.533. The molecule has 3 N–H and O–H groups in total. The maximum absolute atomic E-state index is 13.1. The summed E-state index contributed by atoms with van der Waals surface area (Å²) in [5, 5.41) is 9.81. The molecule has 2 amide bonds. The molecule has 2 heterocycles. The molecule has 0 aliphatic heterocycles. The van der Waals surface area contributed by atoms with Gasteiger partial charge in [0.15, 0.2) is 0 Å². The minimum atomic E-state index is -0.317. The minimum Gasteiger partial charge on any atom is -0.496 e. The number of benzene rings is 2. The van der Waals surface area contributed by atoms with E-state index in [2.05, 4.69) is 30.9 Å². The number of hydrogen-bond acceptors (Lipinski definition) is 7. The molecule has 2 aromatic carbocycles. The van der Waals surface area contributed by atoms with Crippen molar-refractivity contribution in [3.8, 4) is 17.0 Å². The van der Waals surface area contributed by atoms with Gasteiger partial charge in [-0.3, -0.25) is 19.6 Å². The van der Waals surface area contributed by atoms with E-state index in [0.717, 1.165) is 23.8 Å². The summed E-state index contributed by atoms with van der Waals surface area (Å²) >= 11 is 0. The summed E-state index contributed by atoms with van der Waals surface area (Å²) in [6, 6.07) is 13.9. The summed E-state index contributed by atoms with van der Waals surface area (Å²) in [5.74, 6) is 0.0816. The van der Waals surface area contributed by atoms with Crippen molar-refractivity contribution in [1.82, 2.24) is 25.6 Å². The zero-order chi connectivity index (χ0) is 25.1. The van der Waals surface area contributed by atoms with Gasteiger partial charge in [-0.05, 0) is 24.5 Å². The Bertz CT molecular complexity index is 1420. The molecule has 9 heteroatoms. The van der Waals surface area contributed by atoms with Gasteiger partial charge in [-0.25, -0.2) is 4.98 Å². The van der Waals surface area contributed by atoms with E-state index in [1.165, 1.54) is 19.4 Å². The Balaban J connectivity index is 1.61. The van der Waals surface area contributed by atoms with Crippen LogP contribution in [0.2, 0.25) is 0 Å². The fraction of sp³-hybridized carbons (Fsp3) is 0.222. The van der Waals surface area contributed by atoms with Crippen molar-refractivity contribution in [3.63, 3.8) is 0 Å². The molecule has 9 nitrogen and oxygen atoms in total. The molecular formula is C27H26N6O3. The molecular weight excluding hydrogens is 456 g/mol. The van der Waals surface area contributed by atoms with Crippen LogP contribution in [0.25, 0.3) is 22.2 Å². The third-order valence-corrected chi connectivity index (χ3v) is 6.05. The minimum absolute atomic E-state index is 0.158. The molecule has 1 fully saturated rings. The number of pyridine rings is 1. The molecule has 2 aromatic heterocycles. The fourth-order valence-corrected chi connectivity index (χ4v) is 3.94. The van der Waals surface area contributed by atoms with E-state index in [1.807, 2.05) is 42.5 Å². The molecule has 5 rings (SSSR count). The summed E-state index contributed by atoms with van der Waals surface area (Å²) in [7, 11) is 3.11. The number of carbonyl (C=O) groups excluding carboxylic acids is 2. The van der Waals surface area contributed by atoms with Gasteiger partial charge in [0.05, 0.1) is 42.0 Å². The van der Waals surface area contributed by atoms with Crippen molar-refractivity contribution < 1.29 is 14.3 Å². The predicted molar refractivity (Wildman–Crippen MR) is 137 cm³/mol. The van der Waals surface area contributed by atoms with Crippen LogP contribution in [-0.2, 0) is 6.54 Å². The third kappa shape index (κ3) is 4.81. The Morgan fingerprint density at radius 1 is 1.00 bits per heavy atom. The van der Waals surface area contributed by atoms with Crippen molar-refractivity contribution >= 4 is 28.4 Å². The summed E-state index contributed by atoms with van der Waals surface area (Å²) in [5.41, 5.74) is 4.33. The number of nitrogens with one attached hydrogen (secondary N) is 3. The lowest BCUT2D eigenvalue weighted by Crippen LogP contribution is -2.26. The van der Waals surface area contributed by atoms with Gasteiger partial charge in [-0.1, -0.05) is 30.3 Å². The number of aromatic nitrogens is 3. The van der Waals surface area contributed by atoms with Crippen molar-refractivity contribution in [3.05, 3.63) is 77.9 Å². The highest BCUT2D eigenvalue weighted by atomic mass is 16.5. The van der Waals surface area contributed by atoms with Crippen molar-refractivity contribution in [2.45, 2.75) is 25.4 Å². The molecule has 1 aliphatic rings. The quantitative estimate of drug-likeness (QED) is 0.351. The molecule has 36 heavy (non-hydrogen) atoms. The van der Waals surface area contributed by atoms with E-state index in [4.69, 9.17) is 4.74 Å². The number of hydrogen-bond donors (Lipinski definition) is 3. The Morgan fingerprint density at radius 2 is 1.81 bits per heavy atom. The molecule has 1 aliphatic carbocycles. The van der Waals surface area contributed by atoms with Crippen LogP contribution in [-0.4, -0.2) is 47.0 Å². The van der Waals surface area contributed by atoms with Gasteiger partial charge >= 0.3 is 0 Å². The maximum Gasteiger partial charge on any atom is 0.271 e. The summed E-state index contributed by atoms with van der Waals surface area (Å²) in [6.07, 6.45) is 6.54. The van der Waals surface area contributed by atoms with Crippen LogP contribution in [0.1, 0.15) is 39.3 Å². The van der Waals surface area contributed by atoms with Crippen LogP contribution in [0.3, 0.4) is 0 Å². The Morgan fingerprint density at radius 3 is 2.47 bits per heavy atom. The average Bonchev–Trinajstić information content (AvgIpc) is 3.75. The van der Waals surface area contributed by atoms with Crippen LogP contribution in [0.5, 0.6) is 5.75 Å². The summed E-state index contributed by atoms with van der Waals surface area (Å²) in [4.78, 5) is 38.2. The lowest BCUT2D eigenvalue weighted by atomic mass is 10.0. The molecule has 4 aromatic rings. The lowest BCUT2D eigenvalue weighted by molar-refractivity contribution is 0.0946. The molecule has 0 unspecified atom stereocenters. The van der Waals surface area contributed by atoms with E-state index in [1.54, 1.807) is 13.3 Å². The van der Waals surface area contributed by atoms with Gasteiger partial charge in [-0.2, -0.15) is 0 Å². The number of anilines is 1. The number of carbonyl (C=O) groups is 2. The smallest absolute Gasteiger partial charge is 0.271 e. The average molecular weight is 483 g/mol. The zero-order valence-electron chi connectivity index (χ0n) is 20.0. The number of nitrogens with zero attached hydrogens (tertiary/aromatic N) is 3. The zero-order valence-corrected chi connectivity index (χ0v) is 20.0. The fourth-order valence-electron chi connectivity index (χ4n) is 3.94. The highest BCUT2D eigenvalue weighted by molar-refractivity contribution is 6.08. The molecule has 182 valence electrons. The third-order valence-electron chi connectivity index (χ3n) is 6.05. The Hall–Kier alpha value is -4.53. The van der Waals surface area contributed by atoms with E-state index in [0.29, 0.717) is 40.3 Å². The summed E-state index contributed by atoms with van der Waals surface area (Å²) < 4.78 is 5.63. The molecule has 0 spiro atoms. The largest absolute Gasteiger partial charge is 0.496 e. The Labute approximate surface area is 208 Å². The number of ether oxygens (including phenoxy) is 1. The number of fused-ring (bicyclic) bond motifs is 1. The second-order valence-electron chi connectivity index (χ2n) is 8.57. The van der Waals surface area contributed by atoms with E-state index in [9.17, 15) is 9.59 Å². The maximum atomic E-state index is 13.1. The van der Waals surface area contributed by atoms with Crippen LogP contribution in [0, 0.1) is 0 Å². The Kier molecular flexibility index (Phi) is 6.44. The normalized spacial score (nSPS) is 12.7. The highest BCUT2D eigenvalue weighted by Gasteiger charge is 2.26. The number of amides is 2. The lowest BCUT2D eigenvalue weighted by Gasteiger charge is -2.17. The van der Waals surface area contributed by atoms with Gasteiger partial charge in [0, 0.05) is 42.8 Å². The standard InChI is InChI=1S/C27H26N6O3/c1-28-27(35)23-15-30-22(14-31-23)18-10-19-21(11-24(18)36-2)29-13-20(26(34)33-17-8-9-17)25(19)32-12-16-6-4-3-5-7-16/h3-7,10-11,13-15,17H,8-9,12H2,1-2H3,(H,28,35)(H,29,32)(H,33,34). The van der Waals surface area contributed by atoms with Gasteiger partial charge in [0.2, 0.25) is 0 Å². The SMILES string of the molecule is CNC(=O)c1cnc(-c2cc3c(NCc4ccccc4)c(C(=O)NC4CC4)cnc3cc2OC)cn1. The second kappa shape index (κ2) is 9.99. The second-order valence-corrected chi connectivity index (χ2v) is 8.57. The first kappa shape index (κ1) is 23.2. The topological polar surface area (TPSA) is 118 Å². The van der Waals surface area contributed by atoms with E-state index < -0.39 is 0 Å². The van der Waals surface area contributed by atoms with Crippen molar-refractivity contribution in [2.75, 3.05) is 19.5 Å². The van der Waals surface area contributed by atoms with Gasteiger partial charge < -0.3 is 20.7 Å². The number of methoxy groups -OCH3 is 1. The highest BCUT2D eigenvalue weighted by Crippen LogP contribution is 2.37. The van der Waals surface area contributed by atoms with Crippen LogP contribution in [0.4, 0.5) is 5.69 Å². The molecule has 0 atom stereocenters. The molecule has 1 saturated carbocycles. The number of rotatable bonds is 8. The first-order valence-electron chi connectivity index (χ1n) is 11.7. The first-order chi connectivity index (χ1) is 17.6. The van der Waals surface area contributed by atoms with Gasteiger partial charge in [0.25, 0.3) is 11.8 Å². The van der Waals surface area contributed by atoms with E-state index in [-0.39, 0.29) is 23.6 Å². The van der Waals surface area contributed by atoms with Crippen LogP contribution in [0.15, 0.2) is 61.1 Å². The van der Waals surface area contributed by atoms with Gasteiger partial charge in [-0.15, -0.1) is 0 Å². The predicted octanol–water partition coefficient (Wildman–Crippen LogP) is 3.56. The molecule has 0 bridgehead atoms. The monoisotopic (exact) mass is 482 g/mol. The van der Waals surface area contributed by atoms with Crippen molar-refractivity contribution in [1.29, 1.82) is 0 Å². The molecule has 0 saturated heterocycles. The van der Waals surface area contributed by atoms with Crippen LogP contribution < -0.4 is 20.7 Å².